The molecule has 3 unspecified atom stereocenters. The van der Waals surface area contributed by atoms with E-state index in [0.717, 1.165) is 0 Å². The van der Waals surface area contributed by atoms with Crippen molar-refractivity contribution in [2.75, 3.05) is 20.2 Å². The maximum Gasteiger partial charge on any atom is 0.337 e. The average Bonchev–Trinajstić information content (AvgIpc) is 3.40. The minimum atomic E-state index is -0.246. The topological polar surface area (TPSA) is 29.5 Å². The van der Waals surface area contributed by atoms with Crippen LogP contribution >= 0.6 is 0 Å². The van der Waals surface area contributed by atoms with Crippen molar-refractivity contribution in [2.45, 2.75) is 69.2 Å². The largest absolute Gasteiger partial charge is 0.465 e. The van der Waals surface area contributed by atoms with Crippen LogP contribution in [0.3, 0.4) is 0 Å². The Kier molecular flexibility index (Phi) is 5.18. The monoisotopic (exact) mass is 403 g/mol. The van der Waals surface area contributed by atoms with E-state index < -0.39 is 0 Å². The molecule has 1 saturated heterocycles. The molecule has 3 aliphatic rings. The van der Waals surface area contributed by atoms with Gasteiger partial charge < -0.3 is 4.74 Å². The van der Waals surface area contributed by atoms with Crippen molar-refractivity contribution in [3.8, 4) is 0 Å². The SMILES string of the molecule is COC(=O)c1ccc(C2CCC(N3CCCC4(CCc5ccccc54)C3)C2)c(C)c1. The number of aryl methyl sites for hydroxylation is 2. The van der Waals surface area contributed by atoms with Gasteiger partial charge in [0.15, 0.2) is 0 Å². The molecule has 2 aromatic carbocycles. The summed E-state index contributed by atoms with van der Waals surface area (Å²) in [7, 11) is 1.45. The third-order valence-corrected chi connectivity index (χ3v) is 8.12. The fourth-order valence-electron chi connectivity index (χ4n) is 6.62. The first kappa shape index (κ1) is 19.8. The van der Waals surface area contributed by atoms with E-state index in [0.29, 0.717) is 22.9 Å². The third-order valence-electron chi connectivity index (χ3n) is 8.12. The normalized spacial score (nSPS) is 28.6. The lowest BCUT2D eigenvalue weighted by Crippen LogP contribution is -2.48. The van der Waals surface area contributed by atoms with E-state index in [1.165, 1.54) is 76.3 Å². The smallest absolute Gasteiger partial charge is 0.337 e. The van der Waals surface area contributed by atoms with Gasteiger partial charge in [0.25, 0.3) is 0 Å². The lowest BCUT2D eigenvalue weighted by molar-refractivity contribution is 0.0600. The highest BCUT2D eigenvalue weighted by atomic mass is 16.5. The molecule has 2 aromatic rings. The highest BCUT2D eigenvalue weighted by molar-refractivity contribution is 5.89. The van der Waals surface area contributed by atoms with Crippen LogP contribution in [0.1, 0.15) is 77.1 Å². The van der Waals surface area contributed by atoms with E-state index in [1.807, 2.05) is 12.1 Å². The number of ether oxygens (including phenoxy) is 1. The fourth-order valence-corrected chi connectivity index (χ4v) is 6.62. The van der Waals surface area contributed by atoms with Gasteiger partial charge in [-0.15, -0.1) is 0 Å². The van der Waals surface area contributed by atoms with E-state index in [-0.39, 0.29) is 5.97 Å². The van der Waals surface area contributed by atoms with Gasteiger partial charge in [-0.25, -0.2) is 4.79 Å². The van der Waals surface area contributed by atoms with Crippen molar-refractivity contribution in [3.63, 3.8) is 0 Å². The van der Waals surface area contributed by atoms with Crippen molar-refractivity contribution < 1.29 is 9.53 Å². The first-order valence-corrected chi connectivity index (χ1v) is 11.6. The molecule has 0 radical (unpaired) electrons. The second-order valence-electron chi connectivity index (χ2n) is 9.74. The van der Waals surface area contributed by atoms with Crippen LogP contribution in [-0.2, 0) is 16.6 Å². The minimum Gasteiger partial charge on any atom is -0.465 e. The number of fused-ring (bicyclic) bond motifs is 2. The Hall–Kier alpha value is -2.13. The van der Waals surface area contributed by atoms with E-state index in [2.05, 4.69) is 42.2 Å². The van der Waals surface area contributed by atoms with Gasteiger partial charge in [0.05, 0.1) is 12.7 Å². The molecule has 0 amide bonds. The van der Waals surface area contributed by atoms with Crippen LogP contribution in [0, 0.1) is 6.92 Å². The Morgan fingerprint density at radius 2 is 2.00 bits per heavy atom. The Morgan fingerprint density at radius 3 is 2.83 bits per heavy atom. The van der Waals surface area contributed by atoms with Gasteiger partial charge >= 0.3 is 5.97 Å². The number of esters is 1. The molecule has 2 aliphatic carbocycles. The lowest BCUT2D eigenvalue weighted by Gasteiger charge is -2.44. The van der Waals surface area contributed by atoms with Gasteiger partial charge in [0.2, 0.25) is 0 Å². The third kappa shape index (κ3) is 3.37. The summed E-state index contributed by atoms with van der Waals surface area (Å²) in [6.45, 7) is 4.63. The van der Waals surface area contributed by atoms with E-state index in [1.54, 1.807) is 11.1 Å². The maximum atomic E-state index is 11.8. The van der Waals surface area contributed by atoms with Crippen molar-refractivity contribution in [1.29, 1.82) is 0 Å². The zero-order chi connectivity index (χ0) is 20.7. The van der Waals surface area contributed by atoms with Crippen LogP contribution in [0.15, 0.2) is 42.5 Å². The maximum absolute atomic E-state index is 11.8. The Balaban J connectivity index is 1.30. The first-order valence-electron chi connectivity index (χ1n) is 11.6. The fraction of sp³-hybridized carbons (Fsp3) is 0.519. The Morgan fingerprint density at radius 1 is 1.13 bits per heavy atom. The molecule has 3 nitrogen and oxygen atoms in total. The highest BCUT2D eigenvalue weighted by Crippen LogP contribution is 2.47. The standard InChI is InChI=1S/C27H33NO2/c1-19-16-22(26(29)30-2)9-11-24(19)21-8-10-23(17-21)28-15-5-13-27(18-28)14-12-20-6-3-4-7-25(20)27/h3-4,6-7,9,11,16,21,23H,5,8,10,12-15,17-18H2,1-2H3. The molecule has 1 spiro atoms. The predicted molar refractivity (Wildman–Crippen MR) is 120 cm³/mol. The number of carbonyl (C=O) groups is 1. The van der Waals surface area contributed by atoms with Gasteiger partial charge in [-0.3, -0.25) is 4.90 Å². The lowest BCUT2D eigenvalue weighted by atomic mass is 9.74. The summed E-state index contributed by atoms with van der Waals surface area (Å²) in [5.74, 6) is 0.361. The highest BCUT2D eigenvalue weighted by Gasteiger charge is 2.44. The van der Waals surface area contributed by atoms with Gasteiger partial charge in [0, 0.05) is 18.0 Å². The number of rotatable bonds is 3. The van der Waals surface area contributed by atoms with Crippen molar-refractivity contribution >= 4 is 5.97 Å². The van der Waals surface area contributed by atoms with E-state index in [9.17, 15) is 4.79 Å². The number of likely N-dealkylation sites (tertiary alicyclic amines) is 1. The number of nitrogens with zero attached hydrogens (tertiary/aromatic N) is 1. The van der Waals surface area contributed by atoms with Crippen molar-refractivity contribution in [1.82, 2.24) is 4.90 Å². The van der Waals surface area contributed by atoms with Crippen LogP contribution in [0.4, 0.5) is 0 Å². The molecule has 0 aromatic heterocycles. The van der Waals surface area contributed by atoms with Crippen molar-refractivity contribution in [3.05, 3.63) is 70.3 Å². The second kappa shape index (κ2) is 7.85. The Bertz CT molecular complexity index is 948. The zero-order valence-corrected chi connectivity index (χ0v) is 18.3. The summed E-state index contributed by atoms with van der Waals surface area (Å²) in [4.78, 5) is 14.7. The number of hydrogen-bond donors (Lipinski definition) is 0. The molecule has 3 heteroatoms. The molecule has 0 bridgehead atoms. The first-order chi connectivity index (χ1) is 14.6. The van der Waals surface area contributed by atoms with E-state index in [4.69, 9.17) is 4.74 Å². The zero-order valence-electron chi connectivity index (χ0n) is 18.3. The van der Waals surface area contributed by atoms with E-state index >= 15 is 0 Å². The summed E-state index contributed by atoms with van der Waals surface area (Å²) in [5.41, 5.74) is 6.92. The molecule has 158 valence electrons. The summed E-state index contributed by atoms with van der Waals surface area (Å²) in [6, 6.07) is 16.0. The predicted octanol–water partition coefficient (Wildman–Crippen LogP) is 5.40. The van der Waals surface area contributed by atoms with Crippen LogP contribution in [0.2, 0.25) is 0 Å². The van der Waals surface area contributed by atoms with Gasteiger partial charge in [-0.05, 0) is 98.7 Å². The minimum absolute atomic E-state index is 0.246. The van der Waals surface area contributed by atoms with Gasteiger partial charge in [-0.1, -0.05) is 30.3 Å². The number of methoxy groups -OCH3 is 1. The van der Waals surface area contributed by atoms with Gasteiger partial charge in [-0.2, -0.15) is 0 Å². The van der Waals surface area contributed by atoms with Gasteiger partial charge in [0.1, 0.15) is 0 Å². The van der Waals surface area contributed by atoms with Crippen LogP contribution < -0.4 is 0 Å². The number of piperidine rings is 1. The average molecular weight is 404 g/mol. The summed E-state index contributed by atoms with van der Waals surface area (Å²) in [6.07, 6.45) is 9.04. The molecule has 1 aliphatic heterocycles. The number of benzene rings is 2. The molecule has 5 rings (SSSR count). The molecule has 3 atom stereocenters. The molecule has 30 heavy (non-hydrogen) atoms. The molecule has 2 fully saturated rings. The molecule has 1 saturated carbocycles. The second-order valence-corrected chi connectivity index (χ2v) is 9.74. The molecular formula is C27H33NO2. The number of carbonyl (C=O) groups excluding carboxylic acids is 1. The molecular weight excluding hydrogens is 370 g/mol. The van der Waals surface area contributed by atoms with Crippen LogP contribution in [-0.4, -0.2) is 37.1 Å². The molecule has 0 N–H and O–H groups in total. The van der Waals surface area contributed by atoms with Crippen LogP contribution in [0.5, 0.6) is 0 Å². The summed E-state index contributed by atoms with van der Waals surface area (Å²) >= 11 is 0. The van der Waals surface area contributed by atoms with Crippen LogP contribution in [0.25, 0.3) is 0 Å². The molecule has 1 heterocycles. The Labute approximate surface area is 180 Å². The summed E-state index contributed by atoms with van der Waals surface area (Å²) in [5, 5.41) is 0. The quantitative estimate of drug-likeness (QED) is 0.643. The number of hydrogen-bond acceptors (Lipinski definition) is 3. The van der Waals surface area contributed by atoms with Crippen molar-refractivity contribution in [2.24, 2.45) is 0 Å². The summed E-state index contributed by atoms with van der Waals surface area (Å²) < 4.78 is 4.88.